The van der Waals surface area contributed by atoms with Crippen LogP contribution < -0.4 is 4.90 Å². The maximum Gasteiger partial charge on any atom is 0.0368 e. The van der Waals surface area contributed by atoms with Gasteiger partial charge in [0.2, 0.25) is 0 Å². The van der Waals surface area contributed by atoms with Gasteiger partial charge in [0, 0.05) is 18.3 Å². The van der Waals surface area contributed by atoms with Crippen LogP contribution in [0.5, 0.6) is 0 Å². The third kappa shape index (κ3) is 5.81. The molecule has 0 aromatic heterocycles. The molecule has 1 nitrogen and oxygen atoms in total. The van der Waals surface area contributed by atoms with Gasteiger partial charge in [-0.3, -0.25) is 0 Å². The molecule has 0 fully saturated rings. The Hall–Kier alpha value is -1.24. The van der Waals surface area contributed by atoms with Gasteiger partial charge in [0.05, 0.1) is 0 Å². The standard InChI is InChI=1S/C19H31N/c1-5-7-8-9-10-11-16-20(17(3)4)19-14-12-18(6-2)13-15-19/h6,12-15,17H,2,5,7-11,16H2,1,3-4H3. The van der Waals surface area contributed by atoms with Crippen LogP contribution >= 0.6 is 0 Å². The van der Waals surface area contributed by atoms with Gasteiger partial charge in [-0.15, -0.1) is 0 Å². The van der Waals surface area contributed by atoms with Gasteiger partial charge in [-0.05, 0) is 38.0 Å². The van der Waals surface area contributed by atoms with E-state index in [1.807, 2.05) is 6.08 Å². The SMILES string of the molecule is C=Cc1ccc(N(CCCCCCCC)C(C)C)cc1. The molecule has 1 rings (SSSR count). The molecule has 1 heteroatoms. The first-order chi connectivity index (χ1) is 9.69. The Bertz CT molecular complexity index is 364. The van der Waals surface area contributed by atoms with Gasteiger partial charge in [0.1, 0.15) is 0 Å². The molecule has 0 aliphatic rings. The Morgan fingerprint density at radius 1 is 1.00 bits per heavy atom. The highest BCUT2D eigenvalue weighted by atomic mass is 15.1. The van der Waals surface area contributed by atoms with E-state index in [0.29, 0.717) is 6.04 Å². The Morgan fingerprint density at radius 2 is 1.60 bits per heavy atom. The number of rotatable bonds is 10. The molecule has 0 aliphatic carbocycles. The summed E-state index contributed by atoms with van der Waals surface area (Å²) in [7, 11) is 0. The Kier molecular flexibility index (Phi) is 8.10. The molecule has 20 heavy (non-hydrogen) atoms. The fourth-order valence-electron chi connectivity index (χ4n) is 2.55. The number of anilines is 1. The van der Waals surface area contributed by atoms with Gasteiger partial charge < -0.3 is 4.90 Å². The minimum atomic E-state index is 0.556. The highest BCUT2D eigenvalue weighted by molar-refractivity contribution is 5.55. The minimum absolute atomic E-state index is 0.556. The molecule has 0 aliphatic heterocycles. The predicted molar refractivity (Wildman–Crippen MR) is 92.4 cm³/mol. The van der Waals surface area contributed by atoms with Gasteiger partial charge in [-0.25, -0.2) is 0 Å². The van der Waals surface area contributed by atoms with Crippen LogP contribution in [0.25, 0.3) is 6.08 Å². The van der Waals surface area contributed by atoms with Crippen molar-refractivity contribution in [3.63, 3.8) is 0 Å². The van der Waals surface area contributed by atoms with E-state index >= 15 is 0 Å². The first kappa shape index (κ1) is 16.8. The molecule has 0 unspecified atom stereocenters. The Labute approximate surface area is 125 Å². The van der Waals surface area contributed by atoms with E-state index in [4.69, 9.17) is 0 Å². The van der Waals surface area contributed by atoms with Crippen molar-refractivity contribution in [2.24, 2.45) is 0 Å². The van der Waals surface area contributed by atoms with Crippen molar-refractivity contribution in [3.8, 4) is 0 Å². The van der Waals surface area contributed by atoms with E-state index in [2.05, 4.69) is 56.5 Å². The molecule has 1 aromatic carbocycles. The average molecular weight is 273 g/mol. The minimum Gasteiger partial charge on any atom is -0.369 e. The fraction of sp³-hybridized carbons (Fsp3) is 0.579. The summed E-state index contributed by atoms with van der Waals surface area (Å²) < 4.78 is 0. The number of benzene rings is 1. The van der Waals surface area contributed by atoms with E-state index in [-0.39, 0.29) is 0 Å². The van der Waals surface area contributed by atoms with E-state index in [9.17, 15) is 0 Å². The lowest BCUT2D eigenvalue weighted by Crippen LogP contribution is -2.31. The molecule has 0 N–H and O–H groups in total. The summed E-state index contributed by atoms with van der Waals surface area (Å²) in [5.41, 5.74) is 2.52. The molecule has 0 amide bonds. The van der Waals surface area contributed by atoms with Gasteiger partial charge in [0.15, 0.2) is 0 Å². The smallest absolute Gasteiger partial charge is 0.0368 e. The van der Waals surface area contributed by atoms with Crippen molar-refractivity contribution in [2.45, 2.75) is 65.3 Å². The molecular weight excluding hydrogens is 242 g/mol. The van der Waals surface area contributed by atoms with Crippen molar-refractivity contribution >= 4 is 11.8 Å². The average Bonchev–Trinajstić information content (AvgIpc) is 2.46. The van der Waals surface area contributed by atoms with Crippen LogP contribution in [0, 0.1) is 0 Å². The van der Waals surface area contributed by atoms with Crippen molar-refractivity contribution in [3.05, 3.63) is 36.4 Å². The number of hydrogen-bond acceptors (Lipinski definition) is 1. The number of hydrogen-bond donors (Lipinski definition) is 0. The van der Waals surface area contributed by atoms with Crippen molar-refractivity contribution < 1.29 is 0 Å². The van der Waals surface area contributed by atoms with Crippen LogP contribution in [0.1, 0.15) is 64.9 Å². The molecule has 0 heterocycles. The summed E-state index contributed by atoms with van der Waals surface area (Å²) >= 11 is 0. The second kappa shape index (κ2) is 9.63. The summed E-state index contributed by atoms with van der Waals surface area (Å²) in [6.07, 6.45) is 10.0. The zero-order valence-electron chi connectivity index (χ0n) is 13.6. The Balaban J connectivity index is 2.45. The lowest BCUT2D eigenvalue weighted by atomic mass is 10.1. The van der Waals surface area contributed by atoms with E-state index in [0.717, 1.165) is 6.54 Å². The van der Waals surface area contributed by atoms with Crippen LogP contribution in [0.4, 0.5) is 5.69 Å². The van der Waals surface area contributed by atoms with Crippen LogP contribution in [-0.4, -0.2) is 12.6 Å². The summed E-state index contributed by atoms with van der Waals surface area (Å²) in [6, 6.07) is 9.29. The van der Waals surface area contributed by atoms with Gasteiger partial charge >= 0.3 is 0 Å². The van der Waals surface area contributed by atoms with E-state index in [1.165, 1.54) is 49.8 Å². The zero-order valence-corrected chi connectivity index (χ0v) is 13.6. The molecule has 0 spiro atoms. The van der Waals surface area contributed by atoms with Crippen molar-refractivity contribution in [1.29, 1.82) is 0 Å². The molecular formula is C19H31N. The quantitative estimate of drug-likeness (QED) is 0.479. The lowest BCUT2D eigenvalue weighted by Gasteiger charge is -2.29. The fourth-order valence-corrected chi connectivity index (χ4v) is 2.55. The molecule has 0 bridgehead atoms. The second-order valence-corrected chi connectivity index (χ2v) is 5.85. The molecule has 0 radical (unpaired) electrons. The highest BCUT2D eigenvalue weighted by Crippen LogP contribution is 2.19. The third-order valence-corrected chi connectivity index (χ3v) is 3.84. The van der Waals surface area contributed by atoms with Gasteiger partial charge in [-0.2, -0.15) is 0 Å². The van der Waals surface area contributed by atoms with Crippen LogP contribution in [0.3, 0.4) is 0 Å². The normalized spacial score (nSPS) is 10.8. The van der Waals surface area contributed by atoms with Crippen LogP contribution in [-0.2, 0) is 0 Å². The predicted octanol–water partition coefficient (Wildman–Crippen LogP) is 5.90. The monoisotopic (exact) mass is 273 g/mol. The van der Waals surface area contributed by atoms with Crippen LogP contribution in [0.15, 0.2) is 30.8 Å². The summed E-state index contributed by atoms with van der Waals surface area (Å²) in [5, 5.41) is 0. The Morgan fingerprint density at radius 3 is 2.15 bits per heavy atom. The first-order valence-electron chi connectivity index (χ1n) is 8.18. The molecule has 112 valence electrons. The maximum absolute atomic E-state index is 3.81. The molecule has 0 saturated carbocycles. The summed E-state index contributed by atoms with van der Waals surface area (Å²) in [4.78, 5) is 2.51. The van der Waals surface area contributed by atoms with E-state index in [1.54, 1.807) is 0 Å². The third-order valence-electron chi connectivity index (χ3n) is 3.84. The largest absolute Gasteiger partial charge is 0.369 e. The second-order valence-electron chi connectivity index (χ2n) is 5.85. The molecule has 1 aromatic rings. The van der Waals surface area contributed by atoms with Gasteiger partial charge in [0.25, 0.3) is 0 Å². The number of nitrogens with zero attached hydrogens (tertiary/aromatic N) is 1. The number of unbranched alkanes of at least 4 members (excludes halogenated alkanes) is 5. The van der Waals surface area contributed by atoms with Crippen molar-refractivity contribution in [2.75, 3.05) is 11.4 Å². The summed E-state index contributed by atoms with van der Waals surface area (Å²) in [6.45, 7) is 11.8. The lowest BCUT2D eigenvalue weighted by molar-refractivity contribution is 0.581. The van der Waals surface area contributed by atoms with Gasteiger partial charge in [-0.1, -0.05) is 63.8 Å². The molecule has 0 saturated heterocycles. The van der Waals surface area contributed by atoms with Crippen LogP contribution in [0.2, 0.25) is 0 Å². The summed E-state index contributed by atoms with van der Waals surface area (Å²) in [5.74, 6) is 0. The molecule has 0 atom stereocenters. The first-order valence-corrected chi connectivity index (χ1v) is 8.18. The van der Waals surface area contributed by atoms with Crippen molar-refractivity contribution in [1.82, 2.24) is 0 Å². The highest BCUT2D eigenvalue weighted by Gasteiger charge is 2.09. The topological polar surface area (TPSA) is 3.24 Å². The zero-order chi connectivity index (χ0) is 14.8. The maximum atomic E-state index is 3.81. The van der Waals surface area contributed by atoms with E-state index < -0.39 is 0 Å².